The Bertz CT molecular complexity index is 309. The van der Waals surface area contributed by atoms with Gasteiger partial charge in [0.2, 0.25) is 6.08 Å². The van der Waals surface area contributed by atoms with Gasteiger partial charge in [-0.25, -0.2) is 14.6 Å². The Morgan fingerprint density at radius 2 is 2.20 bits per heavy atom. The molecule has 0 aliphatic rings. The molecule has 0 rings (SSSR count). The van der Waals surface area contributed by atoms with Crippen molar-refractivity contribution < 1.29 is 14.3 Å². The van der Waals surface area contributed by atoms with Crippen molar-refractivity contribution in [1.82, 2.24) is 0 Å². The van der Waals surface area contributed by atoms with Crippen molar-refractivity contribution >= 4 is 12.0 Å². The van der Waals surface area contributed by atoms with Crippen molar-refractivity contribution in [3.8, 4) is 6.07 Å². The zero-order valence-corrected chi connectivity index (χ0v) is 8.52. The predicted octanol–water partition coefficient (Wildman–Crippen LogP) is 1.14. The number of nitriles is 1. The smallest absolute Gasteiger partial charge is 0.333 e. The molecule has 0 aromatic carbocycles. The minimum absolute atomic E-state index is 0.0981. The highest BCUT2D eigenvalue weighted by Crippen LogP contribution is 1.90. The molecule has 0 aromatic rings. The Kier molecular flexibility index (Phi) is 12.1. The summed E-state index contributed by atoms with van der Waals surface area (Å²) in [5.74, 6) is -0.467. The van der Waals surface area contributed by atoms with Crippen molar-refractivity contribution in [3.63, 3.8) is 0 Å². The molecule has 0 saturated carbocycles. The number of ether oxygens (including phenoxy) is 1. The third-order valence-corrected chi connectivity index (χ3v) is 0.941. The highest BCUT2D eigenvalue weighted by molar-refractivity contribution is 5.86. The Labute approximate surface area is 88.4 Å². The molecule has 0 N–H and O–H groups in total. The summed E-state index contributed by atoms with van der Waals surface area (Å²) in [5.41, 5.74) is 0.333. The first-order valence-corrected chi connectivity index (χ1v) is 3.96. The Balaban J connectivity index is 0. The van der Waals surface area contributed by atoms with Gasteiger partial charge in [0.15, 0.2) is 0 Å². The fourth-order valence-corrected chi connectivity index (χ4v) is 0.353. The number of nitrogens with zero attached hydrogens (tertiary/aromatic N) is 2. The highest BCUT2D eigenvalue weighted by atomic mass is 16.5. The van der Waals surface area contributed by atoms with Crippen LogP contribution in [0.1, 0.15) is 6.92 Å². The van der Waals surface area contributed by atoms with Gasteiger partial charge in [0.1, 0.15) is 6.61 Å². The van der Waals surface area contributed by atoms with Crippen LogP contribution in [0.3, 0.4) is 0 Å². The van der Waals surface area contributed by atoms with E-state index in [0.29, 0.717) is 5.57 Å². The number of rotatable bonds is 4. The second-order valence-electron chi connectivity index (χ2n) is 2.22. The van der Waals surface area contributed by atoms with Crippen LogP contribution >= 0.6 is 0 Å². The van der Waals surface area contributed by atoms with E-state index in [1.165, 1.54) is 12.2 Å². The quantitative estimate of drug-likeness (QED) is 0.173. The first-order chi connectivity index (χ1) is 7.09. The fraction of sp³-hybridized carbons (Fsp3) is 0.300. The molecule has 0 aromatic heterocycles. The van der Waals surface area contributed by atoms with Crippen molar-refractivity contribution in [3.05, 3.63) is 24.8 Å². The van der Waals surface area contributed by atoms with Gasteiger partial charge in [0, 0.05) is 11.6 Å². The van der Waals surface area contributed by atoms with E-state index in [1.54, 1.807) is 13.0 Å². The third-order valence-electron chi connectivity index (χ3n) is 0.941. The van der Waals surface area contributed by atoms with Gasteiger partial charge >= 0.3 is 5.97 Å². The second kappa shape index (κ2) is 11.8. The van der Waals surface area contributed by atoms with Crippen LogP contribution in [0, 0.1) is 11.3 Å². The van der Waals surface area contributed by atoms with E-state index >= 15 is 0 Å². The average Bonchev–Trinajstić information content (AvgIpc) is 2.24. The van der Waals surface area contributed by atoms with Gasteiger partial charge in [-0.2, -0.15) is 5.26 Å². The lowest BCUT2D eigenvalue weighted by molar-refractivity contribution is -0.138. The molecule has 0 fully saturated rings. The lowest BCUT2D eigenvalue weighted by atomic mass is 10.4. The van der Waals surface area contributed by atoms with Crippen LogP contribution in [0.5, 0.6) is 0 Å². The molecule has 0 spiro atoms. The molecule has 5 heteroatoms. The maximum absolute atomic E-state index is 10.6. The summed E-state index contributed by atoms with van der Waals surface area (Å²) in [6, 6.07) is 1.69. The number of esters is 1. The van der Waals surface area contributed by atoms with Gasteiger partial charge in [-0.05, 0) is 6.92 Å². The van der Waals surface area contributed by atoms with E-state index in [1.807, 2.05) is 0 Å². The summed E-state index contributed by atoms with van der Waals surface area (Å²) in [6.45, 7) is 8.29. The molecule has 0 aliphatic carbocycles. The van der Waals surface area contributed by atoms with Gasteiger partial charge in [0.25, 0.3) is 0 Å². The molecular formula is C10H12N2O3. The summed E-state index contributed by atoms with van der Waals surface area (Å²) in [6.07, 6.45) is 2.51. The Morgan fingerprint density at radius 1 is 1.67 bits per heavy atom. The number of aliphatic imine (C=N–C) groups is 1. The zero-order chi connectivity index (χ0) is 12.1. The molecule has 80 valence electrons. The average molecular weight is 208 g/mol. The highest BCUT2D eigenvalue weighted by Gasteiger charge is 2.00. The van der Waals surface area contributed by atoms with Crippen molar-refractivity contribution in [1.29, 1.82) is 5.26 Å². The molecule has 0 radical (unpaired) electrons. The third kappa shape index (κ3) is 14.7. The van der Waals surface area contributed by atoms with Crippen LogP contribution in [0.25, 0.3) is 0 Å². The van der Waals surface area contributed by atoms with Gasteiger partial charge < -0.3 is 4.74 Å². The monoisotopic (exact) mass is 208 g/mol. The lowest BCUT2D eigenvalue weighted by Gasteiger charge is -1.99. The SMILES string of the molecule is C=C(C)C(=O)OCCN=C=O.C=CC#N. The lowest BCUT2D eigenvalue weighted by Crippen LogP contribution is -2.07. The summed E-state index contributed by atoms with van der Waals surface area (Å²) in [4.78, 5) is 23.4. The second-order valence-corrected chi connectivity index (χ2v) is 2.22. The van der Waals surface area contributed by atoms with Crippen LogP contribution < -0.4 is 0 Å². The van der Waals surface area contributed by atoms with Gasteiger partial charge in [-0.1, -0.05) is 13.2 Å². The van der Waals surface area contributed by atoms with E-state index < -0.39 is 5.97 Å². The number of hydrogen-bond donors (Lipinski definition) is 0. The maximum atomic E-state index is 10.6. The molecule has 5 nitrogen and oxygen atoms in total. The minimum Gasteiger partial charge on any atom is -0.460 e. The molecule has 0 aliphatic heterocycles. The van der Waals surface area contributed by atoms with Crippen LogP contribution in [-0.4, -0.2) is 25.2 Å². The van der Waals surface area contributed by atoms with E-state index in [0.717, 1.165) is 0 Å². The molecule has 0 amide bonds. The van der Waals surface area contributed by atoms with E-state index in [9.17, 15) is 9.59 Å². The molecule has 0 unspecified atom stereocenters. The fourth-order valence-electron chi connectivity index (χ4n) is 0.353. The number of carbonyl (C=O) groups is 1. The number of allylic oxidation sites excluding steroid dienone is 1. The standard InChI is InChI=1S/C7H9NO3.C3H3N/c1-6(2)7(10)11-4-3-8-5-9;1-2-3-4/h1,3-4H2,2H3;2H,1H2. The number of carbonyl (C=O) groups excluding carboxylic acids is 2. The molecule has 0 atom stereocenters. The zero-order valence-electron chi connectivity index (χ0n) is 8.52. The molecule has 15 heavy (non-hydrogen) atoms. The molecular weight excluding hydrogens is 196 g/mol. The van der Waals surface area contributed by atoms with Gasteiger partial charge in [-0.15, -0.1) is 0 Å². The number of hydrogen-bond acceptors (Lipinski definition) is 5. The molecule has 0 saturated heterocycles. The Morgan fingerprint density at radius 3 is 2.53 bits per heavy atom. The largest absolute Gasteiger partial charge is 0.460 e. The molecule has 0 heterocycles. The normalized spacial score (nSPS) is 6.93. The summed E-state index contributed by atoms with van der Waals surface area (Å²) >= 11 is 0. The van der Waals surface area contributed by atoms with Gasteiger partial charge in [-0.3, -0.25) is 0 Å². The van der Waals surface area contributed by atoms with Crippen molar-refractivity contribution in [2.45, 2.75) is 6.92 Å². The predicted molar refractivity (Wildman–Crippen MR) is 54.6 cm³/mol. The topological polar surface area (TPSA) is 79.5 Å². The van der Waals surface area contributed by atoms with Crippen LogP contribution in [0.15, 0.2) is 29.8 Å². The summed E-state index contributed by atoms with van der Waals surface area (Å²) < 4.78 is 4.59. The van der Waals surface area contributed by atoms with Gasteiger partial charge in [0.05, 0.1) is 12.6 Å². The van der Waals surface area contributed by atoms with Crippen molar-refractivity contribution in [2.75, 3.05) is 13.2 Å². The van der Waals surface area contributed by atoms with Crippen LogP contribution in [-0.2, 0) is 14.3 Å². The van der Waals surface area contributed by atoms with E-state index in [2.05, 4.69) is 22.9 Å². The molecule has 0 bridgehead atoms. The Hall–Kier alpha value is -2.18. The summed E-state index contributed by atoms with van der Waals surface area (Å²) in [5, 5.41) is 7.51. The first-order valence-electron chi connectivity index (χ1n) is 3.96. The van der Waals surface area contributed by atoms with Crippen molar-refractivity contribution in [2.24, 2.45) is 4.99 Å². The van der Waals surface area contributed by atoms with E-state index in [-0.39, 0.29) is 13.2 Å². The number of isocyanates is 1. The van der Waals surface area contributed by atoms with E-state index in [4.69, 9.17) is 5.26 Å². The van der Waals surface area contributed by atoms with Crippen LogP contribution in [0.4, 0.5) is 0 Å². The summed E-state index contributed by atoms with van der Waals surface area (Å²) in [7, 11) is 0. The minimum atomic E-state index is -0.467. The maximum Gasteiger partial charge on any atom is 0.333 e. The van der Waals surface area contributed by atoms with Crippen LogP contribution in [0.2, 0.25) is 0 Å². The first kappa shape index (κ1) is 15.3.